The van der Waals surface area contributed by atoms with E-state index in [-0.39, 0.29) is 31.1 Å². The summed E-state index contributed by atoms with van der Waals surface area (Å²) in [5.41, 5.74) is 0. The lowest BCUT2D eigenvalue weighted by Gasteiger charge is -2.18. The standard InChI is InChI=1S/C45H80O6/c1-4-7-10-13-16-19-21-22-24-26-29-32-35-38-44(47)50-41-42(40-49-43(46)37-34-31-28-25-18-15-12-9-6-3)51-45(48)39-36-33-30-27-23-20-17-14-11-8-5-2/h9,12,14,17-18,25,42H,4-8,10-11,13,15-16,19-24,26-41H2,1-3H3/b12-9-,17-14-,25-18-. The Hall–Kier alpha value is -2.37. The second kappa shape index (κ2) is 40.4. The molecule has 0 radical (unpaired) electrons. The van der Waals surface area contributed by atoms with Gasteiger partial charge in [0.1, 0.15) is 13.2 Å². The van der Waals surface area contributed by atoms with Crippen molar-refractivity contribution in [3.63, 3.8) is 0 Å². The van der Waals surface area contributed by atoms with E-state index in [4.69, 9.17) is 14.2 Å². The van der Waals surface area contributed by atoms with Crippen LogP contribution in [0.25, 0.3) is 0 Å². The van der Waals surface area contributed by atoms with Crippen molar-refractivity contribution >= 4 is 17.9 Å². The van der Waals surface area contributed by atoms with E-state index < -0.39 is 6.10 Å². The highest BCUT2D eigenvalue weighted by molar-refractivity contribution is 5.71. The maximum Gasteiger partial charge on any atom is 0.306 e. The van der Waals surface area contributed by atoms with Gasteiger partial charge in [0.2, 0.25) is 0 Å². The van der Waals surface area contributed by atoms with Crippen molar-refractivity contribution in [1.82, 2.24) is 0 Å². The number of hydrogen-bond acceptors (Lipinski definition) is 6. The number of unbranched alkanes of at least 4 members (excludes halogenated alkanes) is 21. The van der Waals surface area contributed by atoms with E-state index >= 15 is 0 Å². The van der Waals surface area contributed by atoms with E-state index in [1.54, 1.807) is 0 Å². The Morgan fingerprint density at radius 2 is 0.784 bits per heavy atom. The minimum atomic E-state index is -0.782. The Balaban J connectivity index is 4.38. The molecule has 0 aliphatic carbocycles. The average Bonchev–Trinajstić information content (AvgIpc) is 3.12. The Morgan fingerprint density at radius 3 is 1.29 bits per heavy atom. The quantitative estimate of drug-likeness (QED) is 0.0274. The number of carbonyl (C=O) groups is 3. The van der Waals surface area contributed by atoms with Crippen molar-refractivity contribution in [3.05, 3.63) is 36.5 Å². The molecule has 296 valence electrons. The summed E-state index contributed by atoms with van der Waals surface area (Å²) in [7, 11) is 0. The molecule has 51 heavy (non-hydrogen) atoms. The third-order valence-corrected chi connectivity index (χ3v) is 9.13. The van der Waals surface area contributed by atoms with Crippen LogP contribution in [0.2, 0.25) is 0 Å². The summed E-state index contributed by atoms with van der Waals surface area (Å²) in [4.78, 5) is 37.5. The van der Waals surface area contributed by atoms with Crippen LogP contribution in [0.5, 0.6) is 0 Å². The molecule has 0 saturated heterocycles. The molecule has 0 amide bonds. The van der Waals surface area contributed by atoms with Crippen molar-refractivity contribution in [3.8, 4) is 0 Å². The molecule has 0 N–H and O–H groups in total. The number of esters is 3. The molecule has 6 heteroatoms. The first-order valence-electron chi connectivity index (χ1n) is 21.5. The Labute approximate surface area is 315 Å². The molecule has 0 rings (SSSR count). The smallest absolute Gasteiger partial charge is 0.306 e. The fraction of sp³-hybridized carbons (Fsp3) is 0.800. The van der Waals surface area contributed by atoms with Crippen molar-refractivity contribution in [2.24, 2.45) is 0 Å². The van der Waals surface area contributed by atoms with Crippen molar-refractivity contribution in [1.29, 1.82) is 0 Å². The highest BCUT2D eigenvalue weighted by Gasteiger charge is 2.19. The minimum absolute atomic E-state index is 0.0840. The van der Waals surface area contributed by atoms with E-state index in [1.807, 2.05) is 0 Å². The lowest BCUT2D eigenvalue weighted by atomic mass is 10.0. The number of ether oxygens (including phenoxy) is 3. The van der Waals surface area contributed by atoms with E-state index in [0.29, 0.717) is 19.3 Å². The largest absolute Gasteiger partial charge is 0.462 e. The van der Waals surface area contributed by atoms with Crippen LogP contribution in [0.1, 0.15) is 213 Å². The zero-order chi connectivity index (χ0) is 37.3. The fourth-order valence-corrected chi connectivity index (χ4v) is 5.87. The normalized spacial score (nSPS) is 12.3. The van der Waals surface area contributed by atoms with Gasteiger partial charge in [-0.2, -0.15) is 0 Å². The van der Waals surface area contributed by atoms with Crippen molar-refractivity contribution in [2.75, 3.05) is 13.2 Å². The van der Waals surface area contributed by atoms with Gasteiger partial charge in [0.15, 0.2) is 6.10 Å². The maximum absolute atomic E-state index is 12.6. The van der Waals surface area contributed by atoms with Gasteiger partial charge in [-0.25, -0.2) is 0 Å². The monoisotopic (exact) mass is 717 g/mol. The van der Waals surface area contributed by atoms with Crippen LogP contribution >= 0.6 is 0 Å². The molecule has 0 spiro atoms. The first kappa shape index (κ1) is 48.6. The second-order valence-corrected chi connectivity index (χ2v) is 14.2. The van der Waals surface area contributed by atoms with E-state index in [2.05, 4.69) is 57.2 Å². The molecule has 0 aliphatic rings. The second-order valence-electron chi connectivity index (χ2n) is 14.2. The molecule has 6 nitrogen and oxygen atoms in total. The molecule has 1 atom stereocenters. The Morgan fingerprint density at radius 1 is 0.412 bits per heavy atom. The predicted octanol–water partition coefficient (Wildman–Crippen LogP) is 13.4. The van der Waals surface area contributed by atoms with Gasteiger partial charge in [-0.1, -0.05) is 166 Å². The molecule has 0 aromatic heterocycles. The summed E-state index contributed by atoms with van der Waals surface area (Å²) >= 11 is 0. The first-order valence-corrected chi connectivity index (χ1v) is 21.5. The molecule has 0 aliphatic heterocycles. The summed E-state index contributed by atoms with van der Waals surface area (Å²) in [5.74, 6) is -0.934. The fourth-order valence-electron chi connectivity index (χ4n) is 5.87. The third kappa shape index (κ3) is 38.7. The molecule has 0 aromatic rings. The zero-order valence-electron chi connectivity index (χ0n) is 33.6. The molecular weight excluding hydrogens is 636 g/mol. The number of allylic oxidation sites excluding steroid dienone is 6. The minimum Gasteiger partial charge on any atom is -0.462 e. The maximum atomic E-state index is 12.6. The summed E-state index contributed by atoms with van der Waals surface area (Å²) < 4.78 is 16.6. The molecular formula is C45H80O6. The number of rotatable bonds is 38. The SMILES string of the molecule is CC/C=C\C/C=C\CCCCC(=O)OCC(COC(=O)CCCCCCCCCCCCCCC)OC(=O)CCCCCCC/C=C\CCCC. The molecule has 0 heterocycles. The summed E-state index contributed by atoms with van der Waals surface area (Å²) in [6.07, 6.45) is 44.2. The highest BCUT2D eigenvalue weighted by atomic mass is 16.6. The van der Waals surface area contributed by atoms with Crippen LogP contribution in [0.4, 0.5) is 0 Å². The first-order chi connectivity index (χ1) is 25.0. The van der Waals surface area contributed by atoms with Gasteiger partial charge in [-0.05, 0) is 64.2 Å². The van der Waals surface area contributed by atoms with Crippen molar-refractivity contribution < 1.29 is 28.6 Å². The molecule has 0 bridgehead atoms. The summed E-state index contributed by atoms with van der Waals surface area (Å²) in [6.45, 7) is 6.42. The lowest BCUT2D eigenvalue weighted by Crippen LogP contribution is -2.30. The van der Waals surface area contributed by atoms with Gasteiger partial charge in [0.25, 0.3) is 0 Å². The van der Waals surface area contributed by atoms with Crippen LogP contribution in [-0.4, -0.2) is 37.2 Å². The Bertz CT molecular complexity index is 876. The Kier molecular flexibility index (Phi) is 38.5. The molecule has 0 fully saturated rings. The van der Waals surface area contributed by atoms with Crippen LogP contribution in [-0.2, 0) is 28.6 Å². The average molecular weight is 717 g/mol. The number of carbonyl (C=O) groups excluding carboxylic acids is 3. The topological polar surface area (TPSA) is 78.9 Å². The van der Waals surface area contributed by atoms with Crippen LogP contribution < -0.4 is 0 Å². The molecule has 0 saturated carbocycles. The van der Waals surface area contributed by atoms with Gasteiger partial charge in [-0.15, -0.1) is 0 Å². The lowest BCUT2D eigenvalue weighted by molar-refractivity contribution is -0.167. The summed E-state index contributed by atoms with van der Waals surface area (Å²) in [6, 6.07) is 0. The third-order valence-electron chi connectivity index (χ3n) is 9.13. The number of hydrogen-bond donors (Lipinski definition) is 0. The van der Waals surface area contributed by atoms with Gasteiger partial charge in [0, 0.05) is 19.3 Å². The molecule has 1 unspecified atom stereocenters. The van der Waals surface area contributed by atoms with Gasteiger partial charge in [0.05, 0.1) is 0 Å². The van der Waals surface area contributed by atoms with Crippen LogP contribution in [0.3, 0.4) is 0 Å². The van der Waals surface area contributed by atoms with Crippen LogP contribution in [0.15, 0.2) is 36.5 Å². The van der Waals surface area contributed by atoms with E-state index in [1.165, 1.54) is 89.9 Å². The summed E-state index contributed by atoms with van der Waals surface area (Å²) in [5, 5.41) is 0. The van der Waals surface area contributed by atoms with Crippen LogP contribution in [0, 0.1) is 0 Å². The highest BCUT2D eigenvalue weighted by Crippen LogP contribution is 2.14. The van der Waals surface area contributed by atoms with Gasteiger partial charge < -0.3 is 14.2 Å². The van der Waals surface area contributed by atoms with E-state index in [0.717, 1.165) is 83.5 Å². The van der Waals surface area contributed by atoms with E-state index in [9.17, 15) is 14.4 Å². The predicted molar refractivity (Wildman–Crippen MR) is 215 cm³/mol. The van der Waals surface area contributed by atoms with Crippen molar-refractivity contribution in [2.45, 2.75) is 219 Å². The zero-order valence-corrected chi connectivity index (χ0v) is 33.6. The molecule has 0 aromatic carbocycles. The van der Waals surface area contributed by atoms with Gasteiger partial charge in [-0.3, -0.25) is 14.4 Å². The van der Waals surface area contributed by atoms with Gasteiger partial charge >= 0.3 is 17.9 Å².